The third-order valence-corrected chi connectivity index (χ3v) is 6.00. The number of hydrogen-bond acceptors (Lipinski definition) is 6. The first-order chi connectivity index (χ1) is 12.3. The molecule has 1 amide bonds. The molecule has 0 bridgehead atoms. The van der Waals surface area contributed by atoms with E-state index in [0.29, 0.717) is 25.3 Å². The molecule has 8 nitrogen and oxygen atoms in total. The van der Waals surface area contributed by atoms with Gasteiger partial charge in [0.05, 0.1) is 26.4 Å². The molecule has 0 saturated carbocycles. The molecular formula is C17H27N3O5S. The SMILES string of the molecule is COc1ccc(NC(=O)[C@@H](N)CC(C)C)cc1S(=O)(=O)N1CCOCC1. The van der Waals surface area contributed by atoms with Gasteiger partial charge in [-0.05, 0) is 30.5 Å². The topological polar surface area (TPSA) is 111 Å². The summed E-state index contributed by atoms with van der Waals surface area (Å²) in [5.41, 5.74) is 6.25. The van der Waals surface area contributed by atoms with Crippen molar-refractivity contribution in [3.8, 4) is 5.75 Å². The predicted octanol–water partition coefficient (Wildman–Crippen LogP) is 1.03. The standard InChI is InChI=1S/C17H27N3O5S/c1-12(2)10-14(18)17(21)19-13-4-5-15(24-3)16(11-13)26(22,23)20-6-8-25-9-7-20/h4-5,11-12,14H,6-10,18H2,1-3H3,(H,19,21)/t14-/m0/s1. The van der Waals surface area contributed by atoms with Gasteiger partial charge in [0, 0.05) is 18.8 Å². The van der Waals surface area contributed by atoms with Gasteiger partial charge in [0.25, 0.3) is 0 Å². The largest absolute Gasteiger partial charge is 0.495 e. The summed E-state index contributed by atoms with van der Waals surface area (Å²) in [5, 5.41) is 2.69. The summed E-state index contributed by atoms with van der Waals surface area (Å²) in [5.74, 6) is 0.156. The Bertz CT molecular complexity index is 730. The average molecular weight is 385 g/mol. The highest BCUT2D eigenvalue weighted by atomic mass is 32.2. The van der Waals surface area contributed by atoms with Crippen molar-refractivity contribution in [1.82, 2.24) is 4.31 Å². The number of methoxy groups -OCH3 is 1. The first-order valence-corrected chi connectivity index (χ1v) is 10.0. The van der Waals surface area contributed by atoms with Crippen LogP contribution < -0.4 is 15.8 Å². The van der Waals surface area contributed by atoms with Crippen molar-refractivity contribution in [3.05, 3.63) is 18.2 Å². The number of carbonyl (C=O) groups is 1. The van der Waals surface area contributed by atoms with Crippen LogP contribution in [0, 0.1) is 5.92 Å². The fourth-order valence-electron chi connectivity index (χ4n) is 2.73. The van der Waals surface area contributed by atoms with Crippen LogP contribution >= 0.6 is 0 Å². The molecule has 1 aliphatic rings. The molecule has 1 atom stereocenters. The lowest BCUT2D eigenvalue weighted by molar-refractivity contribution is -0.117. The number of nitrogens with zero attached hydrogens (tertiary/aromatic N) is 1. The van der Waals surface area contributed by atoms with Gasteiger partial charge >= 0.3 is 0 Å². The molecular weight excluding hydrogens is 358 g/mol. The number of benzene rings is 1. The molecule has 0 aromatic heterocycles. The van der Waals surface area contributed by atoms with Crippen LogP contribution in [0.2, 0.25) is 0 Å². The number of rotatable bonds is 7. The zero-order valence-electron chi connectivity index (χ0n) is 15.4. The Hall–Kier alpha value is -1.68. The summed E-state index contributed by atoms with van der Waals surface area (Å²) in [7, 11) is -2.35. The third-order valence-electron chi connectivity index (χ3n) is 4.08. The molecule has 26 heavy (non-hydrogen) atoms. The van der Waals surface area contributed by atoms with E-state index in [0.717, 1.165) is 0 Å². The maximum absolute atomic E-state index is 12.9. The monoisotopic (exact) mass is 385 g/mol. The van der Waals surface area contributed by atoms with Crippen LogP contribution in [-0.2, 0) is 19.6 Å². The maximum Gasteiger partial charge on any atom is 0.246 e. The molecule has 1 aliphatic heterocycles. The summed E-state index contributed by atoms with van der Waals surface area (Å²) in [6.07, 6.45) is 0.543. The summed E-state index contributed by atoms with van der Waals surface area (Å²) in [6.45, 7) is 5.22. The van der Waals surface area contributed by atoms with E-state index in [4.69, 9.17) is 15.2 Å². The molecule has 0 unspecified atom stereocenters. The van der Waals surface area contributed by atoms with Gasteiger partial charge < -0.3 is 20.5 Å². The van der Waals surface area contributed by atoms with E-state index in [1.54, 1.807) is 6.07 Å². The normalized spacial score (nSPS) is 17.1. The number of anilines is 1. The van der Waals surface area contributed by atoms with Gasteiger partial charge in [-0.3, -0.25) is 4.79 Å². The number of amides is 1. The number of nitrogens with two attached hydrogens (primary N) is 1. The molecule has 0 radical (unpaired) electrons. The highest BCUT2D eigenvalue weighted by Crippen LogP contribution is 2.30. The van der Waals surface area contributed by atoms with Crippen LogP contribution in [-0.4, -0.2) is 58.1 Å². The van der Waals surface area contributed by atoms with Gasteiger partial charge in [-0.1, -0.05) is 13.8 Å². The fourth-order valence-corrected chi connectivity index (χ4v) is 4.32. The van der Waals surface area contributed by atoms with Gasteiger partial charge in [0.2, 0.25) is 15.9 Å². The molecule has 1 heterocycles. The van der Waals surface area contributed by atoms with E-state index in [2.05, 4.69) is 5.32 Å². The van der Waals surface area contributed by atoms with Crippen LogP contribution in [0.5, 0.6) is 5.75 Å². The molecule has 146 valence electrons. The number of carbonyl (C=O) groups excluding carboxylic acids is 1. The number of nitrogens with one attached hydrogen (secondary N) is 1. The van der Waals surface area contributed by atoms with Gasteiger partial charge in [0.15, 0.2) is 0 Å². The molecule has 9 heteroatoms. The zero-order valence-corrected chi connectivity index (χ0v) is 16.2. The molecule has 2 rings (SSSR count). The van der Waals surface area contributed by atoms with Crippen LogP contribution in [0.25, 0.3) is 0 Å². The van der Waals surface area contributed by atoms with Gasteiger partial charge in [0.1, 0.15) is 10.6 Å². The number of ether oxygens (including phenoxy) is 2. The van der Waals surface area contributed by atoms with Crippen LogP contribution in [0.3, 0.4) is 0 Å². The summed E-state index contributed by atoms with van der Waals surface area (Å²) in [6, 6.07) is 3.87. The summed E-state index contributed by atoms with van der Waals surface area (Å²) in [4.78, 5) is 12.2. The molecule has 1 aromatic carbocycles. The average Bonchev–Trinajstić information content (AvgIpc) is 2.61. The predicted molar refractivity (Wildman–Crippen MR) is 98.6 cm³/mol. The highest BCUT2D eigenvalue weighted by Gasteiger charge is 2.29. The first kappa shape index (κ1) is 20.6. The van der Waals surface area contributed by atoms with Crippen molar-refractivity contribution in [1.29, 1.82) is 0 Å². The van der Waals surface area contributed by atoms with Gasteiger partial charge in [-0.2, -0.15) is 4.31 Å². The minimum absolute atomic E-state index is 0.0112. The van der Waals surface area contributed by atoms with Crippen molar-refractivity contribution in [3.63, 3.8) is 0 Å². The number of hydrogen-bond donors (Lipinski definition) is 2. The first-order valence-electron chi connectivity index (χ1n) is 8.58. The molecule has 0 spiro atoms. The quantitative estimate of drug-likeness (QED) is 0.725. The van der Waals surface area contributed by atoms with Gasteiger partial charge in [-0.25, -0.2) is 8.42 Å². The smallest absolute Gasteiger partial charge is 0.246 e. The zero-order chi connectivity index (χ0) is 19.3. The van der Waals surface area contributed by atoms with Crippen molar-refractivity contribution in [2.24, 2.45) is 11.7 Å². The lowest BCUT2D eigenvalue weighted by atomic mass is 10.0. The molecule has 0 aliphatic carbocycles. The maximum atomic E-state index is 12.9. The van der Waals surface area contributed by atoms with Crippen molar-refractivity contribution in [2.45, 2.75) is 31.2 Å². The second kappa shape index (κ2) is 8.81. The number of sulfonamides is 1. The van der Waals surface area contributed by atoms with Crippen molar-refractivity contribution in [2.75, 3.05) is 38.7 Å². The third kappa shape index (κ3) is 4.94. The van der Waals surface area contributed by atoms with Crippen LogP contribution in [0.15, 0.2) is 23.1 Å². The number of morpholine rings is 1. The molecule has 3 N–H and O–H groups in total. The van der Waals surface area contributed by atoms with E-state index in [1.165, 1.54) is 23.5 Å². The second-order valence-electron chi connectivity index (χ2n) is 6.61. The Kier molecular flexibility index (Phi) is 6.99. The van der Waals surface area contributed by atoms with Crippen molar-refractivity contribution >= 4 is 21.6 Å². The van der Waals surface area contributed by atoms with E-state index in [1.807, 2.05) is 13.8 Å². The lowest BCUT2D eigenvalue weighted by Crippen LogP contribution is -2.40. The Morgan fingerprint density at radius 2 is 2.00 bits per heavy atom. The van der Waals surface area contributed by atoms with E-state index < -0.39 is 16.1 Å². The van der Waals surface area contributed by atoms with E-state index >= 15 is 0 Å². The fraction of sp³-hybridized carbons (Fsp3) is 0.588. The van der Waals surface area contributed by atoms with E-state index in [9.17, 15) is 13.2 Å². The lowest BCUT2D eigenvalue weighted by Gasteiger charge is -2.27. The Morgan fingerprint density at radius 1 is 1.35 bits per heavy atom. The minimum Gasteiger partial charge on any atom is -0.495 e. The molecule has 1 fully saturated rings. The van der Waals surface area contributed by atoms with Crippen LogP contribution in [0.1, 0.15) is 20.3 Å². The van der Waals surface area contributed by atoms with E-state index in [-0.39, 0.29) is 35.6 Å². The summed E-state index contributed by atoms with van der Waals surface area (Å²) >= 11 is 0. The minimum atomic E-state index is -3.76. The molecule has 1 aromatic rings. The summed E-state index contributed by atoms with van der Waals surface area (Å²) < 4.78 is 37.6. The molecule has 1 saturated heterocycles. The van der Waals surface area contributed by atoms with Crippen LogP contribution in [0.4, 0.5) is 5.69 Å². The van der Waals surface area contributed by atoms with Crippen molar-refractivity contribution < 1.29 is 22.7 Å². The highest BCUT2D eigenvalue weighted by molar-refractivity contribution is 7.89. The Balaban J connectivity index is 2.26. The second-order valence-corrected chi connectivity index (χ2v) is 8.51. The Morgan fingerprint density at radius 3 is 2.58 bits per heavy atom. The van der Waals surface area contributed by atoms with Gasteiger partial charge in [-0.15, -0.1) is 0 Å². The Labute approximate surface area is 154 Å².